The van der Waals surface area contributed by atoms with Gasteiger partial charge in [0.2, 0.25) is 0 Å². The van der Waals surface area contributed by atoms with E-state index in [1.54, 1.807) is 32.2 Å². The van der Waals surface area contributed by atoms with Crippen molar-refractivity contribution < 1.29 is 18.8 Å². The first-order valence-corrected chi connectivity index (χ1v) is 11.5. The summed E-state index contributed by atoms with van der Waals surface area (Å²) in [5, 5.41) is 0. The van der Waals surface area contributed by atoms with Crippen LogP contribution in [-0.2, 0) is 0 Å². The minimum Gasteiger partial charge on any atom is -0.497 e. The molecule has 0 heterocycles. The minimum atomic E-state index is 0.0155. The maximum atomic E-state index is 11.8. The molecular formula is C25H44NO3+. The molecule has 0 N–H and O–H groups in total. The highest BCUT2D eigenvalue weighted by Crippen LogP contribution is 2.25. The molecule has 0 saturated heterocycles. The third-order valence-electron chi connectivity index (χ3n) is 5.64. The van der Waals surface area contributed by atoms with E-state index in [4.69, 9.17) is 9.47 Å². The van der Waals surface area contributed by atoms with Crippen molar-refractivity contribution >= 4 is 5.78 Å². The average Bonchev–Trinajstić information content (AvgIpc) is 2.69. The number of likely N-dealkylation sites (N-methyl/N-ethyl adjacent to an activating group) is 1. The van der Waals surface area contributed by atoms with Crippen molar-refractivity contribution in [1.82, 2.24) is 0 Å². The van der Waals surface area contributed by atoms with Crippen molar-refractivity contribution in [3.63, 3.8) is 0 Å². The number of quaternary nitrogens is 1. The molecule has 0 fully saturated rings. The maximum Gasteiger partial charge on any atom is 0.163 e. The average molecular weight is 407 g/mol. The van der Waals surface area contributed by atoms with Gasteiger partial charge in [0.25, 0.3) is 0 Å². The molecule has 4 nitrogen and oxygen atoms in total. The van der Waals surface area contributed by atoms with E-state index in [1.165, 1.54) is 64.2 Å². The zero-order valence-corrected chi connectivity index (χ0v) is 19.6. The van der Waals surface area contributed by atoms with Crippen LogP contribution in [0.3, 0.4) is 0 Å². The first-order chi connectivity index (χ1) is 13.9. The molecule has 0 radical (unpaired) electrons. The maximum absolute atomic E-state index is 11.8. The molecular weight excluding hydrogens is 362 g/mol. The Kier molecular flexibility index (Phi) is 12.7. The fourth-order valence-corrected chi connectivity index (χ4v) is 3.58. The van der Waals surface area contributed by atoms with E-state index in [0.29, 0.717) is 23.7 Å². The SMILES string of the molecule is CCCCCCCCCCCC[N+](C)(C)CCOc1cc(OC)ccc1C(C)=O. The van der Waals surface area contributed by atoms with Gasteiger partial charge in [-0.05, 0) is 31.9 Å². The monoisotopic (exact) mass is 406 g/mol. The number of carbonyl (C=O) groups is 1. The third kappa shape index (κ3) is 11.3. The molecule has 0 atom stereocenters. The Morgan fingerprint density at radius 1 is 0.897 bits per heavy atom. The molecule has 4 heteroatoms. The van der Waals surface area contributed by atoms with E-state index in [1.807, 2.05) is 0 Å². The quantitative estimate of drug-likeness (QED) is 0.174. The van der Waals surface area contributed by atoms with E-state index in [-0.39, 0.29) is 5.78 Å². The van der Waals surface area contributed by atoms with Crippen LogP contribution in [0.5, 0.6) is 11.5 Å². The fourth-order valence-electron chi connectivity index (χ4n) is 3.58. The smallest absolute Gasteiger partial charge is 0.163 e. The van der Waals surface area contributed by atoms with Crippen LogP contribution in [0.4, 0.5) is 0 Å². The van der Waals surface area contributed by atoms with E-state index in [2.05, 4.69) is 21.0 Å². The molecule has 1 aromatic carbocycles. The Hall–Kier alpha value is -1.55. The summed E-state index contributed by atoms with van der Waals surface area (Å²) in [6.07, 6.45) is 13.7. The van der Waals surface area contributed by atoms with Gasteiger partial charge in [0.05, 0.1) is 33.3 Å². The Bertz CT molecular complexity index is 583. The molecule has 0 saturated carbocycles. The fraction of sp³-hybridized carbons (Fsp3) is 0.720. The van der Waals surface area contributed by atoms with Crippen molar-refractivity contribution in [3.8, 4) is 11.5 Å². The van der Waals surface area contributed by atoms with Crippen LogP contribution in [0.1, 0.15) is 88.4 Å². The topological polar surface area (TPSA) is 35.5 Å². The Labute approximate surface area is 179 Å². The largest absolute Gasteiger partial charge is 0.497 e. The molecule has 0 aliphatic rings. The Balaban J connectivity index is 2.23. The molecule has 0 aliphatic heterocycles. The van der Waals surface area contributed by atoms with Gasteiger partial charge in [0.1, 0.15) is 24.7 Å². The number of Topliss-reactive ketones (excluding diaryl/α,β-unsaturated/α-hetero) is 1. The van der Waals surface area contributed by atoms with Gasteiger partial charge in [-0.3, -0.25) is 4.79 Å². The second kappa shape index (κ2) is 14.4. The van der Waals surface area contributed by atoms with Crippen molar-refractivity contribution in [2.24, 2.45) is 0 Å². The molecule has 0 aromatic heterocycles. The lowest BCUT2D eigenvalue weighted by molar-refractivity contribution is -0.890. The summed E-state index contributed by atoms with van der Waals surface area (Å²) in [6.45, 7) is 6.52. The lowest BCUT2D eigenvalue weighted by Crippen LogP contribution is -2.43. The van der Waals surface area contributed by atoms with Crippen LogP contribution in [0.2, 0.25) is 0 Å². The molecule has 0 amide bonds. The van der Waals surface area contributed by atoms with Gasteiger partial charge in [-0.1, -0.05) is 58.3 Å². The lowest BCUT2D eigenvalue weighted by Gasteiger charge is -2.30. The van der Waals surface area contributed by atoms with Crippen molar-refractivity contribution in [1.29, 1.82) is 0 Å². The van der Waals surface area contributed by atoms with Gasteiger partial charge in [0, 0.05) is 6.07 Å². The molecule has 166 valence electrons. The van der Waals surface area contributed by atoms with Crippen LogP contribution in [0.25, 0.3) is 0 Å². The Morgan fingerprint density at radius 2 is 1.48 bits per heavy atom. The number of unbranched alkanes of at least 4 members (excludes halogenated alkanes) is 9. The number of ketones is 1. The number of hydrogen-bond acceptors (Lipinski definition) is 3. The second-order valence-corrected chi connectivity index (χ2v) is 8.83. The predicted octanol–water partition coefficient (Wildman–Crippen LogP) is 6.27. The zero-order chi connectivity index (χ0) is 21.5. The summed E-state index contributed by atoms with van der Waals surface area (Å²) < 4.78 is 12.2. The van der Waals surface area contributed by atoms with E-state index < -0.39 is 0 Å². The highest BCUT2D eigenvalue weighted by Gasteiger charge is 2.16. The summed E-state index contributed by atoms with van der Waals surface area (Å²) in [7, 11) is 6.14. The summed E-state index contributed by atoms with van der Waals surface area (Å²) in [5.41, 5.74) is 0.616. The van der Waals surface area contributed by atoms with E-state index >= 15 is 0 Å². The molecule has 1 rings (SSSR count). The molecule has 0 unspecified atom stereocenters. The number of carbonyl (C=O) groups excluding carboxylic acids is 1. The van der Waals surface area contributed by atoms with Crippen molar-refractivity contribution in [2.45, 2.75) is 78.1 Å². The number of benzene rings is 1. The van der Waals surface area contributed by atoms with Crippen molar-refractivity contribution in [3.05, 3.63) is 23.8 Å². The van der Waals surface area contributed by atoms with Gasteiger partial charge in [-0.15, -0.1) is 0 Å². The number of rotatable bonds is 17. The van der Waals surface area contributed by atoms with Gasteiger partial charge in [0.15, 0.2) is 5.78 Å². The van der Waals surface area contributed by atoms with Gasteiger partial charge < -0.3 is 14.0 Å². The summed E-state index contributed by atoms with van der Waals surface area (Å²) >= 11 is 0. The molecule has 29 heavy (non-hydrogen) atoms. The van der Waals surface area contributed by atoms with Crippen LogP contribution in [-0.4, -0.2) is 51.2 Å². The van der Waals surface area contributed by atoms with Crippen LogP contribution < -0.4 is 9.47 Å². The van der Waals surface area contributed by atoms with E-state index in [9.17, 15) is 4.79 Å². The predicted molar refractivity (Wildman–Crippen MR) is 122 cm³/mol. The zero-order valence-electron chi connectivity index (χ0n) is 19.6. The molecule has 0 bridgehead atoms. The van der Waals surface area contributed by atoms with Crippen LogP contribution >= 0.6 is 0 Å². The number of nitrogens with zero attached hydrogens (tertiary/aromatic N) is 1. The van der Waals surface area contributed by atoms with Crippen LogP contribution in [0.15, 0.2) is 18.2 Å². The van der Waals surface area contributed by atoms with Crippen LogP contribution in [0, 0.1) is 0 Å². The summed E-state index contributed by atoms with van der Waals surface area (Å²) in [5.74, 6) is 1.35. The van der Waals surface area contributed by atoms with Crippen molar-refractivity contribution in [2.75, 3.05) is 40.9 Å². The van der Waals surface area contributed by atoms with E-state index in [0.717, 1.165) is 17.6 Å². The Morgan fingerprint density at radius 3 is 2.03 bits per heavy atom. The lowest BCUT2D eigenvalue weighted by atomic mass is 10.1. The first-order valence-electron chi connectivity index (χ1n) is 11.5. The second-order valence-electron chi connectivity index (χ2n) is 8.83. The molecule has 0 aliphatic carbocycles. The van der Waals surface area contributed by atoms with Gasteiger partial charge >= 0.3 is 0 Å². The summed E-state index contributed by atoms with van der Waals surface area (Å²) in [6, 6.07) is 5.38. The van der Waals surface area contributed by atoms with Gasteiger partial charge in [-0.25, -0.2) is 0 Å². The number of methoxy groups -OCH3 is 1. The summed E-state index contributed by atoms with van der Waals surface area (Å²) in [4.78, 5) is 11.8. The normalized spacial score (nSPS) is 11.5. The van der Waals surface area contributed by atoms with Gasteiger partial charge in [-0.2, -0.15) is 0 Å². The highest BCUT2D eigenvalue weighted by molar-refractivity contribution is 5.97. The first kappa shape index (κ1) is 25.5. The number of ether oxygens (including phenoxy) is 2. The third-order valence-corrected chi connectivity index (χ3v) is 5.64. The molecule has 0 spiro atoms. The minimum absolute atomic E-state index is 0.0155. The number of hydrogen-bond donors (Lipinski definition) is 0. The standard InChI is InChI=1S/C25H44NO3/c1-6-7-8-9-10-11-12-13-14-15-18-26(3,4)19-20-29-25-21-23(28-5)16-17-24(25)22(2)27/h16-17,21H,6-15,18-20H2,1-5H3/q+1. The molecule has 1 aromatic rings. The highest BCUT2D eigenvalue weighted by atomic mass is 16.5.